The van der Waals surface area contributed by atoms with E-state index in [1.54, 1.807) is 13.0 Å². The second-order valence-electron chi connectivity index (χ2n) is 11.6. The van der Waals surface area contributed by atoms with E-state index in [1.165, 1.54) is 23.8 Å². The molecule has 1 saturated heterocycles. The lowest BCUT2D eigenvalue weighted by Gasteiger charge is -2.33. The van der Waals surface area contributed by atoms with Crippen LogP contribution in [-0.4, -0.2) is 65.1 Å². The fraction of sp³-hybridized carbons (Fsp3) is 0.556. The number of nitrogens with one attached hydrogen (secondary N) is 2. The van der Waals surface area contributed by atoms with E-state index in [4.69, 9.17) is 4.42 Å². The molecule has 0 radical (unpaired) electrons. The van der Waals surface area contributed by atoms with Crippen LogP contribution in [0, 0.1) is 12.8 Å². The topological polar surface area (TPSA) is 166 Å². The number of alkyl halides is 5. The van der Waals surface area contributed by atoms with E-state index >= 15 is 0 Å². The predicted molar refractivity (Wildman–Crippen MR) is 141 cm³/mol. The van der Waals surface area contributed by atoms with Crippen LogP contribution in [0.15, 0.2) is 27.5 Å². The minimum absolute atomic E-state index is 0.0603. The van der Waals surface area contributed by atoms with Crippen molar-refractivity contribution in [1.82, 2.24) is 45.7 Å². The molecule has 18 heteroatoms. The molecule has 0 spiro atoms. The number of carbonyl (C=O) groups is 2. The molecule has 13 nitrogen and oxygen atoms in total. The number of amides is 2. The first-order valence-corrected chi connectivity index (χ1v) is 14.3. The Kier molecular flexibility index (Phi) is 7.55. The average molecular weight is 638 g/mol. The van der Waals surface area contributed by atoms with Gasteiger partial charge in [0.05, 0.1) is 24.1 Å². The van der Waals surface area contributed by atoms with E-state index in [0.717, 1.165) is 0 Å². The Hall–Kier alpha value is -4.51. The summed E-state index contributed by atoms with van der Waals surface area (Å²) < 4.78 is 80.7. The second kappa shape index (κ2) is 11.1. The highest BCUT2D eigenvalue weighted by molar-refractivity contribution is 5.93. The van der Waals surface area contributed by atoms with Gasteiger partial charge in [-0.25, -0.2) is 22.9 Å². The van der Waals surface area contributed by atoms with Crippen molar-refractivity contribution in [3.63, 3.8) is 0 Å². The lowest BCUT2D eigenvalue weighted by molar-refractivity contribution is -0.155. The zero-order chi connectivity index (χ0) is 32.1. The number of hydrogen-bond donors (Lipinski definition) is 2. The average Bonchev–Trinajstić information content (AvgIpc) is 3.78. The van der Waals surface area contributed by atoms with Gasteiger partial charge in [-0.15, -0.1) is 10.2 Å². The van der Waals surface area contributed by atoms with Crippen LogP contribution in [-0.2, 0) is 23.1 Å². The van der Waals surface area contributed by atoms with Gasteiger partial charge < -0.3 is 15.1 Å². The standard InChI is InChI=1S/C27H28F5N9O4/c1-3-19-37-38-24(44-19)25(10-17(27(30,31)32)35-23(25)43)9-14-8-18-34-16(12-41(18)33-11-14)21(15-4-6-26(28,29)7-5-15)36-22(42)20-13(2)39-45-40-20/h8,11-12,15,17,21H,3-7,9-10H2,1-2H3,(H,35,43)(H,36,42)/t17-,21-,25+/m0/s1. The van der Waals surface area contributed by atoms with Crippen LogP contribution in [0.3, 0.4) is 0 Å². The van der Waals surface area contributed by atoms with Crippen LogP contribution < -0.4 is 10.6 Å². The Bertz CT molecular complexity index is 1720. The third-order valence-corrected chi connectivity index (χ3v) is 8.47. The van der Waals surface area contributed by atoms with Crippen LogP contribution >= 0.6 is 0 Å². The molecule has 1 aliphatic carbocycles. The minimum Gasteiger partial charge on any atom is -0.424 e. The molecule has 240 valence electrons. The summed E-state index contributed by atoms with van der Waals surface area (Å²) in [5.74, 6) is -4.80. The molecule has 2 amide bonds. The summed E-state index contributed by atoms with van der Waals surface area (Å²) >= 11 is 0. The summed E-state index contributed by atoms with van der Waals surface area (Å²) in [5.41, 5.74) is -0.697. The lowest BCUT2D eigenvalue weighted by atomic mass is 9.79. The predicted octanol–water partition coefficient (Wildman–Crippen LogP) is 3.59. The Morgan fingerprint density at radius 2 is 1.98 bits per heavy atom. The van der Waals surface area contributed by atoms with E-state index in [0.29, 0.717) is 17.7 Å². The maximum Gasteiger partial charge on any atom is 0.408 e. The number of halogens is 5. The molecule has 0 bridgehead atoms. The molecule has 2 aliphatic rings. The molecule has 4 aromatic heterocycles. The number of hydrogen-bond acceptors (Lipinski definition) is 10. The molecule has 2 fully saturated rings. The Morgan fingerprint density at radius 1 is 1.22 bits per heavy atom. The zero-order valence-corrected chi connectivity index (χ0v) is 24.1. The van der Waals surface area contributed by atoms with Crippen molar-refractivity contribution < 1.29 is 40.6 Å². The SMILES string of the molecule is CCc1nnc([C@]2(Cc3cnn4cc([C@@H](NC(=O)c5nonc5C)C5CCC(F)(F)CC5)nc4c3)C[C@@H](C(F)(F)F)NC2=O)o1. The smallest absolute Gasteiger partial charge is 0.408 e. The van der Waals surface area contributed by atoms with E-state index in [9.17, 15) is 31.5 Å². The number of aryl methyl sites for hydroxylation is 2. The van der Waals surface area contributed by atoms with Gasteiger partial charge in [0, 0.05) is 19.3 Å². The van der Waals surface area contributed by atoms with Gasteiger partial charge >= 0.3 is 6.18 Å². The first kappa shape index (κ1) is 30.5. The molecule has 0 unspecified atom stereocenters. The molecule has 5 heterocycles. The second-order valence-corrected chi connectivity index (χ2v) is 11.6. The molecular weight excluding hydrogens is 609 g/mol. The van der Waals surface area contributed by atoms with Gasteiger partial charge in [-0.3, -0.25) is 9.59 Å². The molecule has 1 aliphatic heterocycles. The molecule has 3 atom stereocenters. The van der Waals surface area contributed by atoms with E-state index < -0.39 is 53.8 Å². The minimum atomic E-state index is -4.70. The normalized spacial score (nSPS) is 22.9. The third kappa shape index (κ3) is 5.84. The number of fused-ring (bicyclic) bond motifs is 1. The van der Waals surface area contributed by atoms with E-state index in [1.807, 2.05) is 5.32 Å². The number of nitrogens with zero attached hydrogens (tertiary/aromatic N) is 7. The van der Waals surface area contributed by atoms with Crippen LogP contribution in [0.1, 0.15) is 84.3 Å². The fourth-order valence-electron chi connectivity index (χ4n) is 5.99. The monoisotopic (exact) mass is 637 g/mol. The summed E-state index contributed by atoms with van der Waals surface area (Å²) in [6.45, 7) is 3.26. The van der Waals surface area contributed by atoms with Crippen LogP contribution in [0.4, 0.5) is 22.0 Å². The van der Waals surface area contributed by atoms with Crippen molar-refractivity contribution in [2.45, 2.75) is 88.4 Å². The largest absolute Gasteiger partial charge is 0.424 e. The van der Waals surface area contributed by atoms with Crippen LogP contribution in [0.2, 0.25) is 0 Å². The first-order valence-electron chi connectivity index (χ1n) is 14.3. The van der Waals surface area contributed by atoms with Gasteiger partial charge in [-0.05, 0) is 55.3 Å². The van der Waals surface area contributed by atoms with Crippen molar-refractivity contribution in [2.24, 2.45) is 5.92 Å². The van der Waals surface area contributed by atoms with Gasteiger partial charge in [0.25, 0.3) is 5.91 Å². The molecule has 0 aromatic carbocycles. The van der Waals surface area contributed by atoms with Crippen molar-refractivity contribution in [1.29, 1.82) is 0 Å². The summed E-state index contributed by atoms with van der Waals surface area (Å²) in [5, 5.41) is 24.2. The van der Waals surface area contributed by atoms with Crippen LogP contribution in [0.25, 0.3) is 5.65 Å². The maximum absolute atomic E-state index is 14.0. The Labute approximate surface area is 251 Å². The molecule has 1 saturated carbocycles. The lowest BCUT2D eigenvalue weighted by Crippen LogP contribution is -2.40. The summed E-state index contributed by atoms with van der Waals surface area (Å²) in [6.07, 6.45) is -2.87. The fourth-order valence-corrected chi connectivity index (χ4v) is 5.99. The van der Waals surface area contributed by atoms with E-state index in [-0.39, 0.29) is 60.9 Å². The van der Waals surface area contributed by atoms with Crippen LogP contribution in [0.5, 0.6) is 0 Å². The van der Waals surface area contributed by atoms with Crippen molar-refractivity contribution in [3.8, 4) is 0 Å². The van der Waals surface area contributed by atoms with Crippen molar-refractivity contribution >= 4 is 17.5 Å². The van der Waals surface area contributed by atoms with Crippen molar-refractivity contribution in [2.75, 3.05) is 0 Å². The number of rotatable bonds is 8. The van der Waals surface area contributed by atoms with Crippen molar-refractivity contribution in [3.05, 3.63) is 52.9 Å². The Balaban J connectivity index is 1.33. The molecule has 6 rings (SSSR count). The Morgan fingerprint density at radius 3 is 2.60 bits per heavy atom. The number of aromatic nitrogens is 7. The quantitative estimate of drug-likeness (QED) is 0.273. The van der Waals surface area contributed by atoms with Gasteiger partial charge in [0.1, 0.15) is 17.2 Å². The highest BCUT2D eigenvalue weighted by Gasteiger charge is 2.59. The molecule has 2 N–H and O–H groups in total. The first-order chi connectivity index (χ1) is 21.3. The molecule has 45 heavy (non-hydrogen) atoms. The highest BCUT2D eigenvalue weighted by Crippen LogP contribution is 2.43. The summed E-state index contributed by atoms with van der Waals surface area (Å²) in [4.78, 5) is 30.8. The number of imidazole rings is 1. The van der Waals surface area contributed by atoms with E-state index in [2.05, 4.69) is 40.5 Å². The van der Waals surface area contributed by atoms with Gasteiger partial charge in [-0.2, -0.15) is 18.3 Å². The maximum atomic E-state index is 14.0. The van der Waals surface area contributed by atoms with Gasteiger partial charge in [0.15, 0.2) is 11.3 Å². The summed E-state index contributed by atoms with van der Waals surface area (Å²) in [7, 11) is 0. The molecule has 4 aromatic rings. The molecular formula is C27H28F5N9O4. The zero-order valence-electron chi connectivity index (χ0n) is 24.1. The van der Waals surface area contributed by atoms with Gasteiger partial charge in [0.2, 0.25) is 23.6 Å². The van der Waals surface area contributed by atoms with Gasteiger partial charge in [-0.1, -0.05) is 12.1 Å². The third-order valence-electron chi connectivity index (χ3n) is 8.47. The summed E-state index contributed by atoms with van der Waals surface area (Å²) in [6, 6.07) is -1.38. The number of carbonyl (C=O) groups excluding carboxylic acids is 2. The highest BCUT2D eigenvalue weighted by atomic mass is 19.4.